The average Bonchev–Trinajstić information content (AvgIpc) is 1.60. The van der Waals surface area contributed by atoms with E-state index in [1.165, 1.54) is 0 Å². The third kappa shape index (κ3) is 1.21. The van der Waals surface area contributed by atoms with Gasteiger partial charge in [0.15, 0.2) is 0 Å². The van der Waals surface area contributed by atoms with Gasteiger partial charge in [-0.15, -0.1) is 0 Å². The zero-order chi connectivity index (χ0) is 6.85. The van der Waals surface area contributed by atoms with Gasteiger partial charge in [-0.05, 0) is 18.8 Å². The zero-order valence-electron chi connectivity index (χ0n) is 5.21. The Balaban J connectivity index is 2.32. The van der Waals surface area contributed by atoms with E-state index in [4.69, 9.17) is 10.8 Å². The number of rotatable bonds is 2. The van der Waals surface area contributed by atoms with Gasteiger partial charge in [0, 0.05) is 0 Å². The number of carboxylic acid groups (broad SMARTS) is 1. The number of aliphatic carboxylic acids is 1. The van der Waals surface area contributed by atoms with E-state index in [1.54, 1.807) is 0 Å². The van der Waals surface area contributed by atoms with Crippen LogP contribution < -0.4 is 5.73 Å². The van der Waals surface area contributed by atoms with Crippen LogP contribution in [-0.4, -0.2) is 17.1 Å². The van der Waals surface area contributed by atoms with Crippen LogP contribution in [0.2, 0.25) is 0 Å². The van der Waals surface area contributed by atoms with Crippen molar-refractivity contribution in [3.8, 4) is 0 Å². The lowest BCUT2D eigenvalue weighted by atomic mass is 9.80. The molecule has 0 aromatic carbocycles. The lowest BCUT2D eigenvalue weighted by Crippen LogP contribution is -2.41. The van der Waals surface area contributed by atoms with Crippen molar-refractivity contribution in [2.45, 2.75) is 25.3 Å². The van der Waals surface area contributed by atoms with Crippen LogP contribution in [0, 0.1) is 5.92 Å². The van der Waals surface area contributed by atoms with Crippen LogP contribution in [0.4, 0.5) is 0 Å². The van der Waals surface area contributed by atoms with Crippen LogP contribution in [0.15, 0.2) is 0 Å². The van der Waals surface area contributed by atoms with Gasteiger partial charge >= 0.3 is 5.97 Å². The van der Waals surface area contributed by atoms with E-state index >= 15 is 0 Å². The van der Waals surface area contributed by atoms with Gasteiger partial charge in [0.25, 0.3) is 0 Å². The second kappa shape index (κ2) is 2.35. The van der Waals surface area contributed by atoms with Crippen LogP contribution in [0.5, 0.6) is 0 Å². The Labute approximate surface area is 53.9 Å². The fourth-order valence-corrected chi connectivity index (χ4v) is 1.00. The van der Waals surface area contributed by atoms with Crippen molar-refractivity contribution in [3.63, 3.8) is 0 Å². The Morgan fingerprint density at radius 2 is 2.22 bits per heavy atom. The Hall–Kier alpha value is -0.570. The summed E-state index contributed by atoms with van der Waals surface area (Å²) in [6.45, 7) is 0. The summed E-state index contributed by atoms with van der Waals surface area (Å²) in [7, 11) is 0. The van der Waals surface area contributed by atoms with Gasteiger partial charge in [-0.1, -0.05) is 6.42 Å². The molecule has 1 saturated carbocycles. The van der Waals surface area contributed by atoms with Crippen molar-refractivity contribution in [1.82, 2.24) is 0 Å². The van der Waals surface area contributed by atoms with Crippen LogP contribution in [0.25, 0.3) is 0 Å². The average molecular weight is 129 g/mol. The summed E-state index contributed by atoms with van der Waals surface area (Å²) < 4.78 is 0. The molecule has 1 fully saturated rings. The maximum atomic E-state index is 10.2. The fraction of sp³-hybridized carbons (Fsp3) is 0.833. The van der Waals surface area contributed by atoms with Gasteiger partial charge in [0.2, 0.25) is 0 Å². The maximum absolute atomic E-state index is 10.2. The van der Waals surface area contributed by atoms with E-state index in [2.05, 4.69) is 0 Å². The molecule has 0 saturated heterocycles. The summed E-state index contributed by atoms with van der Waals surface area (Å²) in [5, 5.41) is 8.39. The zero-order valence-corrected chi connectivity index (χ0v) is 5.21. The standard InChI is InChI=1S/C6H11NO2/c7-5(6(8)9)4-2-1-3-4/h4-5H,1-3,7H2,(H,8,9). The predicted octanol–water partition coefficient (Wildman–Crippen LogP) is 0.198. The monoisotopic (exact) mass is 129 g/mol. The van der Waals surface area contributed by atoms with E-state index in [0.717, 1.165) is 19.3 Å². The summed E-state index contributed by atoms with van der Waals surface area (Å²) in [5.41, 5.74) is 5.32. The highest BCUT2D eigenvalue weighted by atomic mass is 16.4. The van der Waals surface area contributed by atoms with Crippen LogP contribution in [0.3, 0.4) is 0 Å². The first-order valence-electron chi connectivity index (χ1n) is 3.20. The number of nitrogens with two attached hydrogens (primary N) is 1. The SMILES string of the molecule is NC(C(=O)O)C1CCC1. The van der Waals surface area contributed by atoms with Gasteiger partial charge < -0.3 is 10.8 Å². The van der Waals surface area contributed by atoms with Crippen LogP contribution in [-0.2, 0) is 4.79 Å². The van der Waals surface area contributed by atoms with Crippen molar-refractivity contribution in [2.24, 2.45) is 11.7 Å². The molecule has 0 bridgehead atoms. The van der Waals surface area contributed by atoms with Gasteiger partial charge in [-0.3, -0.25) is 4.79 Å². The molecule has 0 heterocycles. The molecule has 0 amide bonds. The molecule has 1 aliphatic rings. The highest BCUT2D eigenvalue weighted by molar-refractivity contribution is 5.73. The molecule has 3 heteroatoms. The second-order valence-corrected chi connectivity index (χ2v) is 2.56. The summed E-state index contributed by atoms with van der Waals surface area (Å²) in [4.78, 5) is 10.2. The van der Waals surface area contributed by atoms with Gasteiger partial charge in [-0.2, -0.15) is 0 Å². The molecule has 52 valence electrons. The Morgan fingerprint density at radius 1 is 1.67 bits per heavy atom. The van der Waals surface area contributed by atoms with Crippen molar-refractivity contribution in [2.75, 3.05) is 0 Å². The smallest absolute Gasteiger partial charge is 0.320 e. The second-order valence-electron chi connectivity index (χ2n) is 2.56. The van der Waals surface area contributed by atoms with Crippen molar-refractivity contribution in [3.05, 3.63) is 0 Å². The van der Waals surface area contributed by atoms with Gasteiger partial charge in [0.05, 0.1) is 0 Å². The minimum atomic E-state index is -0.861. The maximum Gasteiger partial charge on any atom is 0.320 e. The summed E-state index contributed by atoms with van der Waals surface area (Å²) in [5.74, 6) is -0.609. The molecule has 1 unspecified atom stereocenters. The minimum Gasteiger partial charge on any atom is -0.480 e. The Kier molecular flexibility index (Phi) is 1.71. The first-order chi connectivity index (χ1) is 4.22. The highest BCUT2D eigenvalue weighted by Gasteiger charge is 2.28. The van der Waals surface area contributed by atoms with Gasteiger partial charge in [0.1, 0.15) is 6.04 Å². The molecular weight excluding hydrogens is 118 g/mol. The molecule has 0 spiro atoms. The largest absolute Gasteiger partial charge is 0.480 e. The van der Waals surface area contributed by atoms with E-state index in [9.17, 15) is 4.79 Å². The number of carboxylic acids is 1. The highest BCUT2D eigenvalue weighted by Crippen LogP contribution is 2.28. The summed E-state index contributed by atoms with van der Waals surface area (Å²) >= 11 is 0. The number of hydrogen-bond acceptors (Lipinski definition) is 2. The summed E-state index contributed by atoms with van der Waals surface area (Å²) in [6, 6.07) is -0.612. The number of hydrogen-bond donors (Lipinski definition) is 2. The quantitative estimate of drug-likeness (QED) is 0.559. The lowest BCUT2D eigenvalue weighted by Gasteiger charge is -2.28. The normalized spacial score (nSPS) is 22.8. The molecule has 1 atom stereocenters. The Morgan fingerprint density at radius 3 is 2.33 bits per heavy atom. The molecular formula is C6H11NO2. The van der Waals surface area contributed by atoms with E-state index in [0.29, 0.717) is 0 Å². The number of carbonyl (C=O) groups is 1. The third-order valence-electron chi connectivity index (χ3n) is 1.94. The molecule has 0 radical (unpaired) electrons. The van der Waals surface area contributed by atoms with Gasteiger partial charge in [-0.25, -0.2) is 0 Å². The fourth-order valence-electron chi connectivity index (χ4n) is 1.00. The molecule has 3 N–H and O–H groups in total. The lowest BCUT2D eigenvalue weighted by molar-refractivity contribution is -0.140. The van der Waals surface area contributed by atoms with E-state index < -0.39 is 12.0 Å². The molecule has 3 nitrogen and oxygen atoms in total. The molecule has 1 aliphatic carbocycles. The van der Waals surface area contributed by atoms with Crippen molar-refractivity contribution >= 4 is 5.97 Å². The first-order valence-corrected chi connectivity index (χ1v) is 3.20. The first kappa shape index (κ1) is 6.55. The van der Waals surface area contributed by atoms with Crippen molar-refractivity contribution in [1.29, 1.82) is 0 Å². The van der Waals surface area contributed by atoms with Crippen LogP contribution >= 0.6 is 0 Å². The summed E-state index contributed by atoms with van der Waals surface area (Å²) in [6.07, 6.45) is 3.13. The Bertz CT molecular complexity index is 120. The third-order valence-corrected chi connectivity index (χ3v) is 1.94. The predicted molar refractivity (Wildman–Crippen MR) is 33.0 cm³/mol. The minimum absolute atomic E-state index is 0.252. The topological polar surface area (TPSA) is 63.3 Å². The molecule has 0 aromatic rings. The van der Waals surface area contributed by atoms with E-state index in [1.807, 2.05) is 0 Å². The van der Waals surface area contributed by atoms with Crippen LogP contribution in [0.1, 0.15) is 19.3 Å². The molecule has 0 aliphatic heterocycles. The van der Waals surface area contributed by atoms with Crippen molar-refractivity contribution < 1.29 is 9.90 Å². The molecule has 1 rings (SSSR count). The molecule has 9 heavy (non-hydrogen) atoms. The van der Waals surface area contributed by atoms with E-state index in [-0.39, 0.29) is 5.92 Å². The molecule has 0 aromatic heterocycles.